The minimum Gasteiger partial charge on any atom is -0.107 e. The van der Waals surface area contributed by atoms with Gasteiger partial charge in [0, 0.05) is 6.42 Å². The maximum absolute atomic E-state index is 3.14. The zero-order valence-electron chi connectivity index (χ0n) is 13.1. The normalized spacial score (nSPS) is 10.4. The third kappa shape index (κ3) is 15.6. The fraction of sp³-hybridized carbons (Fsp3) is 0.889. The molecule has 0 atom stereocenters. The van der Waals surface area contributed by atoms with Gasteiger partial charge < -0.3 is 0 Å². The van der Waals surface area contributed by atoms with Crippen molar-refractivity contribution in [3.63, 3.8) is 0 Å². The quantitative estimate of drug-likeness (QED) is 0.280. The molecular weight excluding hydrogens is 216 g/mol. The molecule has 0 aliphatic carbocycles. The molecular formula is C18H34. The Morgan fingerprint density at radius 1 is 0.667 bits per heavy atom. The lowest BCUT2D eigenvalue weighted by molar-refractivity contribution is 0.505. The summed E-state index contributed by atoms with van der Waals surface area (Å²) in [5.74, 6) is 6.99. The van der Waals surface area contributed by atoms with Gasteiger partial charge in [0.2, 0.25) is 0 Å². The average Bonchev–Trinajstić information content (AvgIpc) is 2.34. The van der Waals surface area contributed by atoms with Gasteiger partial charge >= 0.3 is 0 Å². The Kier molecular flexibility index (Phi) is 14.3. The molecule has 0 aliphatic rings. The van der Waals surface area contributed by atoms with Gasteiger partial charge in [-0.05, 0) is 19.3 Å². The first kappa shape index (κ1) is 17.6. The van der Waals surface area contributed by atoms with Crippen molar-refractivity contribution in [3.05, 3.63) is 0 Å². The van der Waals surface area contributed by atoms with Crippen LogP contribution in [0.3, 0.4) is 0 Å². The van der Waals surface area contributed by atoms with Crippen LogP contribution in [-0.4, -0.2) is 0 Å². The Balaban J connectivity index is 2.96. The molecule has 0 saturated heterocycles. The maximum atomic E-state index is 3.14. The zero-order valence-corrected chi connectivity index (χ0v) is 13.1. The van der Waals surface area contributed by atoms with Crippen LogP contribution in [0.2, 0.25) is 0 Å². The molecule has 0 aromatic heterocycles. The smallest absolute Gasteiger partial charge is 0.00885 e. The largest absolute Gasteiger partial charge is 0.107 e. The molecule has 0 N–H and O–H groups in total. The predicted octanol–water partition coefficient (Wildman–Crippen LogP) is 6.35. The Morgan fingerprint density at radius 3 is 1.56 bits per heavy atom. The lowest BCUT2D eigenvalue weighted by Crippen LogP contribution is -1.87. The summed E-state index contributed by atoms with van der Waals surface area (Å²) in [4.78, 5) is 0. The second-order valence-corrected chi connectivity index (χ2v) is 5.89. The number of hydrogen-bond donors (Lipinski definition) is 0. The molecule has 18 heavy (non-hydrogen) atoms. The average molecular weight is 250 g/mol. The molecule has 0 heterocycles. The second-order valence-electron chi connectivity index (χ2n) is 5.89. The van der Waals surface area contributed by atoms with E-state index in [0.717, 1.165) is 12.3 Å². The molecule has 0 spiro atoms. The number of rotatable bonds is 12. The minimum absolute atomic E-state index is 0.891. The fourth-order valence-electron chi connectivity index (χ4n) is 2.31. The monoisotopic (exact) mass is 250 g/mol. The maximum Gasteiger partial charge on any atom is 0.00885 e. The number of hydrogen-bond acceptors (Lipinski definition) is 0. The van der Waals surface area contributed by atoms with Gasteiger partial charge in [-0.15, -0.1) is 11.8 Å². The molecule has 0 aliphatic heterocycles. The summed E-state index contributed by atoms with van der Waals surface area (Å²) < 4.78 is 0. The van der Waals surface area contributed by atoms with Crippen LogP contribution in [-0.2, 0) is 0 Å². The predicted molar refractivity (Wildman–Crippen MR) is 83.7 cm³/mol. The molecule has 0 aromatic carbocycles. The SMILES string of the molecule is CC#CCCCCCCCCCCCCC(C)C. The van der Waals surface area contributed by atoms with Gasteiger partial charge in [-0.1, -0.05) is 78.1 Å². The van der Waals surface area contributed by atoms with E-state index in [4.69, 9.17) is 0 Å². The van der Waals surface area contributed by atoms with E-state index in [-0.39, 0.29) is 0 Å². The van der Waals surface area contributed by atoms with E-state index in [2.05, 4.69) is 25.7 Å². The molecule has 0 aromatic rings. The summed E-state index contributed by atoms with van der Waals surface area (Å²) in [7, 11) is 0. The first-order valence-corrected chi connectivity index (χ1v) is 8.17. The highest BCUT2D eigenvalue weighted by atomic mass is 14.0. The summed E-state index contributed by atoms with van der Waals surface area (Å²) in [5, 5.41) is 0. The highest BCUT2D eigenvalue weighted by molar-refractivity contribution is 4.94. The Hall–Kier alpha value is -0.440. The van der Waals surface area contributed by atoms with Crippen LogP contribution in [0.15, 0.2) is 0 Å². The summed E-state index contributed by atoms with van der Waals surface area (Å²) in [6.07, 6.45) is 16.8. The molecule has 0 bridgehead atoms. The highest BCUT2D eigenvalue weighted by Gasteiger charge is 1.95. The van der Waals surface area contributed by atoms with Crippen LogP contribution in [0.5, 0.6) is 0 Å². The lowest BCUT2D eigenvalue weighted by Gasteiger charge is -2.04. The first-order chi connectivity index (χ1) is 8.77. The van der Waals surface area contributed by atoms with Gasteiger partial charge in [-0.2, -0.15) is 0 Å². The van der Waals surface area contributed by atoms with E-state index in [1.165, 1.54) is 70.6 Å². The zero-order chi connectivity index (χ0) is 13.5. The topological polar surface area (TPSA) is 0 Å². The van der Waals surface area contributed by atoms with Gasteiger partial charge in [0.1, 0.15) is 0 Å². The lowest BCUT2D eigenvalue weighted by atomic mass is 10.0. The summed E-state index contributed by atoms with van der Waals surface area (Å²) >= 11 is 0. The van der Waals surface area contributed by atoms with E-state index in [0.29, 0.717) is 0 Å². The van der Waals surface area contributed by atoms with Crippen molar-refractivity contribution in [1.29, 1.82) is 0 Å². The Morgan fingerprint density at radius 2 is 1.11 bits per heavy atom. The third-order valence-corrected chi connectivity index (χ3v) is 3.51. The van der Waals surface area contributed by atoms with Crippen LogP contribution >= 0.6 is 0 Å². The molecule has 0 radical (unpaired) electrons. The molecule has 106 valence electrons. The summed E-state index contributed by atoms with van der Waals surface area (Å²) in [6.45, 7) is 6.58. The first-order valence-electron chi connectivity index (χ1n) is 8.17. The van der Waals surface area contributed by atoms with Gasteiger partial charge in [0.25, 0.3) is 0 Å². The fourth-order valence-corrected chi connectivity index (χ4v) is 2.31. The van der Waals surface area contributed by atoms with Gasteiger partial charge in [-0.25, -0.2) is 0 Å². The van der Waals surface area contributed by atoms with E-state index < -0.39 is 0 Å². The van der Waals surface area contributed by atoms with Crippen molar-refractivity contribution in [2.45, 2.75) is 97.8 Å². The van der Waals surface area contributed by atoms with E-state index >= 15 is 0 Å². The molecule has 0 nitrogen and oxygen atoms in total. The van der Waals surface area contributed by atoms with Crippen molar-refractivity contribution in [2.24, 2.45) is 5.92 Å². The van der Waals surface area contributed by atoms with Gasteiger partial charge in [0.15, 0.2) is 0 Å². The molecule has 0 amide bonds. The molecule has 0 saturated carbocycles. The van der Waals surface area contributed by atoms with Crippen LogP contribution in [0.25, 0.3) is 0 Å². The van der Waals surface area contributed by atoms with Gasteiger partial charge in [-0.3, -0.25) is 0 Å². The van der Waals surface area contributed by atoms with Crippen molar-refractivity contribution >= 4 is 0 Å². The summed E-state index contributed by atoms with van der Waals surface area (Å²) in [5.41, 5.74) is 0. The standard InChI is InChI=1S/C18H34/c1-4-5-6-7-8-9-10-11-12-13-14-15-16-17-18(2)3/h18H,6-17H2,1-3H3. The molecule has 0 rings (SSSR count). The van der Waals surface area contributed by atoms with Crippen LogP contribution in [0, 0.1) is 17.8 Å². The molecule has 0 fully saturated rings. The minimum atomic E-state index is 0.891. The van der Waals surface area contributed by atoms with Crippen LogP contribution in [0.1, 0.15) is 97.8 Å². The number of unbranched alkanes of at least 4 members (excludes halogenated alkanes) is 10. The van der Waals surface area contributed by atoms with Crippen molar-refractivity contribution in [2.75, 3.05) is 0 Å². The highest BCUT2D eigenvalue weighted by Crippen LogP contribution is 2.13. The van der Waals surface area contributed by atoms with Crippen LogP contribution in [0.4, 0.5) is 0 Å². The Labute approximate surface area is 116 Å². The second kappa shape index (κ2) is 14.6. The van der Waals surface area contributed by atoms with E-state index in [1.807, 2.05) is 6.92 Å². The third-order valence-electron chi connectivity index (χ3n) is 3.51. The van der Waals surface area contributed by atoms with Crippen LogP contribution < -0.4 is 0 Å². The molecule has 0 unspecified atom stereocenters. The molecule has 0 heteroatoms. The van der Waals surface area contributed by atoms with Crippen molar-refractivity contribution in [3.8, 4) is 11.8 Å². The summed E-state index contributed by atoms with van der Waals surface area (Å²) in [6, 6.07) is 0. The van der Waals surface area contributed by atoms with Crippen molar-refractivity contribution < 1.29 is 0 Å². The van der Waals surface area contributed by atoms with E-state index in [9.17, 15) is 0 Å². The van der Waals surface area contributed by atoms with Gasteiger partial charge in [0.05, 0.1) is 0 Å². The van der Waals surface area contributed by atoms with Crippen molar-refractivity contribution in [1.82, 2.24) is 0 Å². The van der Waals surface area contributed by atoms with E-state index in [1.54, 1.807) is 0 Å². The Bertz CT molecular complexity index is 204.